The van der Waals surface area contributed by atoms with Crippen LogP contribution in [0.4, 0.5) is 0 Å². The molecule has 1 aliphatic rings. The molecular weight excluding hydrogens is 402 g/mol. The average Bonchev–Trinajstić information content (AvgIpc) is 2.30. The van der Waals surface area contributed by atoms with Gasteiger partial charge in [-0.15, -0.1) is 0 Å². The molecule has 0 amide bonds. The minimum absolute atomic E-state index is 0.00662. The molecule has 84 valence electrons. The van der Waals surface area contributed by atoms with E-state index in [-0.39, 0.29) is 9.49 Å². The molecule has 1 heterocycles. The number of halogens is 3. The molecule has 0 bridgehead atoms. The molecule has 3 nitrogen and oxygen atoms in total. The van der Waals surface area contributed by atoms with E-state index in [1.807, 2.05) is 0 Å². The van der Waals surface area contributed by atoms with Crippen LogP contribution in [0.2, 0.25) is 0 Å². The highest BCUT2D eigenvalue weighted by atomic mass is 79.9. The smallest absolute Gasteiger partial charge is 0.211 e. The molecule has 0 aliphatic carbocycles. The highest BCUT2D eigenvalue weighted by Gasteiger charge is 2.29. The van der Waals surface area contributed by atoms with Crippen molar-refractivity contribution in [3.05, 3.63) is 0 Å². The van der Waals surface area contributed by atoms with Crippen LogP contribution in [0.5, 0.6) is 0 Å². The molecular formula is C7H12Br3NO2S. The van der Waals surface area contributed by atoms with E-state index in [2.05, 4.69) is 47.8 Å². The molecule has 0 aromatic heterocycles. The summed E-state index contributed by atoms with van der Waals surface area (Å²) in [5.74, 6) is 0. The van der Waals surface area contributed by atoms with Gasteiger partial charge in [0.25, 0.3) is 0 Å². The first kappa shape index (κ1) is 13.4. The van der Waals surface area contributed by atoms with E-state index in [1.165, 1.54) is 0 Å². The van der Waals surface area contributed by atoms with Crippen LogP contribution in [-0.2, 0) is 10.0 Å². The molecule has 0 aromatic rings. The van der Waals surface area contributed by atoms with Gasteiger partial charge in [0.1, 0.15) is 4.66 Å². The minimum Gasteiger partial charge on any atom is -0.211 e. The monoisotopic (exact) mass is 411 g/mol. The van der Waals surface area contributed by atoms with Gasteiger partial charge in [-0.25, -0.2) is 12.7 Å². The lowest BCUT2D eigenvalue weighted by atomic mass is 10.2. The topological polar surface area (TPSA) is 37.4 Å². The molecule has 0 unspecified atom stereocenters. The van der Waals surface area contributed by atoms with E-state index in [4.69, 9.17) is 0 Å². The summed E-state index contributed by atoms with van der Waals surface area (Å²) in [5, 5.41) is 0. The molecule has 0 radical (unpaired) electrons. The zero-order valence-electron chi connectivity index (χ0n) is 7.50. The van der Waals surface area contributed by atoms with Crippen LogP contribution in [0.15, 0.2) is 0 Å². The van der Waals surface area contributed by atoms with Crippen LogP contribution in [0.25, 0.3) is 0 Å². The standard InChI is InChI=1S/C7H12Br3NO2S/c8-5-14(12,13)11-3-1-2-6(9)7(10)4-11/h6-7H,1-5H2/t6-,7-/m1/s1. The van der Waals surface area contributed by atoms with Gasteiger partial charge in [0.05, 0.1) is 0 Å². The van der Waals surface area contributed by atoms with Gasteiger partial charge in [0, 0.05) is 22.7 Å². The molecule has 0 aromatic carbocycles. The molecule has 0 N–H and O–H groups in total. The van der Waals surface area contributed by atoms with Gasteiger partial charge in [-0.05, 0) is 12.8 Å². The van der Waals surface area contributed by atoms with Crippen molar-refractivity contribution in [3.8, 4) is 0 Å². The Hall–Kier alpha value is 1.35. The van der Waals surface area contributed by atoms with Crippen molar-refractivity contribution in [3.63, 3.8) is 0 Å². The van der Waals surface area contributed by atoms with Crippen LogP contribution < -0.4 is 0 Å². The highest BCUT2D eigenvalue weighted by Crippen LogP contribution is 2.25. The maximum atomic E-state index is 11.6. The summed E-state index contributed by atoms with van der Waals surface area (Å²) in [7, 11) is -3.10. The van der Waals surface area contributed by atoms with Crippen molar-refractivity contribution in [1.82, 2.24) is 4.31 Å². The van der Waals surface area contributed by atoms with E-state index < -0.39 is 10.0 Å². The zero-order chi connectivity index (χ0) is 10.8. The van der Waals surface area contributed by atoms with Crippen LogP contribution in [0.3, 0.4) is 0 Å². The largest absolute Gasteiger partial charge is 0.224 e. The lowest BCUT2D eigenvalue weighted by Gasteiger charge is -2.21. The summed E-state index contributed by atoms with van der Waals surface area (Å²) in [6.07, 6.45) is 1.91. The Morgan fingerprint density at radius 1 is 1.29 bits per heavy atom. The number of hydrogen-bond acceptors (Lipinski definition) is 2. The van der Waals surface area contributed by atoms with Crippen LogP contribution in [-0.4, -0.2) is 40.1 Å². The molecule has 2 atom stereocenters. The second-order valence-electron chi connectivity index (χ2n) is 3.25. The summed E-state index contributed by atoms with van der Waals surface area (Å²) in [5.41, 5.74) is 0. The number of sulfonamides is 1. The van der Waals surface area contributed by atoms with Crippen LogP contribution >= 0.6 is 47.8 Å². The normalized spacial score (nSPS) is 31.4. The third-order valence-electron chi connectivity index (χ3n) is 2.19. The predicted octanol–water partition coefficient (Wildman–Crippen LogP) is 2.29. The van der Waals surface area contributed by atoms with Crippen molar-refractivity contribution in [2.75, 3.05) is 17.8 Å². The van der Waals surface area contributed by atoms with Crippen molar-refractivity contribution >= 4 is 57.8 Å². The predicted molar refractivity (Wildman–Crippen MR) is 69.0 cm³/mol. The van der Waals surface area contributed by atoms with Crippen molar-refractivity contribution in [1.29, 1.82) is 0 Å². The van der Waals surface area contributed by atoms with Gasteiger partial charge in [-0.3, -0.25) is 0 Å². The second kappa shape index (κ2) is 5.61. The number of alkyl halides is 3. The SMILES string of the molecule is O=S(=O)(CBr)N1CCC[C@@H](Br)[C@H](Br)C1. The number of nitrogens with zero attached hydrogens (tertiary/aromatic N) is 1. The maximum Gasteiger partial charge on any atom is 0.224 e. The Morgan fingerprint density at radius 3 is 2.50 bits per heavy atom. The van der Waals surface area contributed by atoms with E-state index in [9.17, 15) is 8.42 Å². The molecule has 14 heavy (non-hydrogen) atoms. The number of rotatable bonds is 2. The number of hydrogen-bond donors (Lipinski definition) is 0. The summed E-state index contributed by atoms with van der Waals surface area (Å²) in [4.78, 5) is 0.553. The Morgan fingerprint density at radius 2 is 1.93 bits per heavy atom. The van der Waals surface area contributed by atoms with Crippen molar-refractivity contribution in [2.45, 2.75) is 22.5 Å². The lowest BCUT2D eigenvalue weighted by Crippen LogP contribution is -2.36. The molecule has 1 saturated heterocycles. The highest BCUT2D eigenvalue weighted by molar-refractivity contribution is 9.12. The zero-order valence-corrected chi connectivity index (χ0v) is 13.1. The fourth-order valence-corrected chi connectivity index (χ4v) is 4.46. The lowest BCUT2D eigenvalue weighted by molar-refractivity contribution is 0.431. The fourth-order valence-electron chi connectivity index (χ4n) is 1.37. The van der Waals surface area contributed by atoms with Crippen LogP contribution in [0.1, 0.15) is 12.8 Å². The van der Waals surface area contributed by atoms with E-state index in [0.29, 0.717) is 17.9 Å². The molecule has 1 rings (SSSR count). The van der Waals surface area contributed by atoms with E-state index >= 15 is 0 Å². The molecule has 0 spiro atoms. The molecule has 0 saturated carbocycles. The first-order valence-corrected chi connectivity index (χ1v) is 8.85. The van der Waals surface area contributed by atoms with Crippen LogP contribution in [0, 0.1) is 0 Å². The van der Waals surface area contributed by atoms with Crippen molar-refractivity contribution < 1.29 is 8.42 Å². The molecule has 1 aliphatic heterocycles. The van der Waals surface area contributed by atoms with Gasteiger partial charge in [-0.1, -0.05) is 47.8 Å². The van der Waals surface area contributed by atoms with Gasteiger partial charge in [-0.2, -0.15) is 0 Å². The first-order valence-electron chi connectivity index (χ1n) is 4.29. The summed E-state index contributed by atoms with van der Waals surface area (Å²) in [6.45, 7) is 1.17. The Bertz CT molecular complexity index is 283. The van der Waals surface area contributed by atoms with Gasteiger partial charge in [0.2, 0.25) is 10.0 Å². The Balaban J connectivity index is 2.73. The van der Waals surface area contributed by atoms with Gasteiger partial charge < -0.3 is 0 Å². The van der Waals surface area contributed by atoms with Gasteiger partial charge in [0.15, 0.2) is 0 Å². The van der Waals surface area contributed by atoms with E-state index in [0.717, 1.165) is 12.8 Å². The summed E-state index contributed by atoms with van der Waals surface area (Å²) < 4.78 is 24.8. The van der Waals surface area contributed by atoms with Crippen molar-refractivity contribution in [2.24, 2.45) is 0 Å². The fraction of sp³-hybridized carbons (Fsp3) is 1.00. The summed E-state index contributed by atoms with van der Waals surface area (Å²) in [6, 6.07) is 0. The minimum atomic E-state index is -3.10. The second-order valence-corrected chi connectivity index (χ2v) is 8.88. The summed E-state index contributed by atoms with van der Waals surface area (Å²) >= 11 is 10.0. The molecule has 1 fully saturated rings. The molecule has 7 heteroatoms. The third-order valence-corrected chi connectivity index (χ3v) is 8.05. The van der Waals surface area contributed by atoms with Gasteiger partial charge >= 0.3 is 0 Å². The average molecular weight is 414 g/mol. The Kier molecular flexibility index (Phi) is 5.38. The first-order chi connectivity index (χ1) is 6.47. The van der Waals surface area contributed by atoms with E-state index in [1.54, 1.807) is 4.31 Å². The Labute approximate surface area is 110 Å². The maximum absolute atomic E-state index is 11.6. The third kappa shape index (κ3) is 3.43. The quantitative estimate of drug-likeness (QED) is 0.651.